The van der Waals surface area contributed by atoms with E-state index in [0.29, 0.717) is 19.4 Å². The number of halogens is 1. The number of unbranched alkanes of at least 4 members (excludes halogenated alkanes) is 4. The summed E-state index contributed by atoms with van der Waals surface area (Å²) >= 11 is 0. The number of esters is 1. The average molecular weight is 498 g/mol. The van der Waals surface area contributed by atoms with E-state index in [9.17, 15) is 14.4 Å². The van der Waals surface area contributed by atoms with Gasteiger partial charge in [0.25, 0.3) is 0 Å². The first-order valence-electron chi connectivity index (χ1n) is 12.4. The highest BCUT2D eigenvalue weighted by Gasteiger charge is 2.28. The van der Waals surface area contributed by atoms with Gasteiger partial charge in [0.05, 0.1) is 6.04 Å². The summed E-state index contributed by atoms with van der Waals surface area (Å²) in [5, 5.41) is 0. The molecular formula is C26H44ClN3O4. The zero-order valence-electron chi connectivity index (χ0n) is 20.9. The largest absolute Gasteiger partial charge is 0.461 e. The second kappa shape index (κ2) is 19.2. The van der Waals surface area contributed by atoms with E-state index >= 15 is 0 Å². The first-order chi connectivity index (χ1) is 15.9. The molecule has 8 heteroatoms. The Morgan fingerprint density at radius 3 is 2.24 bits per heavy atom. The molecule has 0 aromatic heterocycles. The van der Waals surface area contributed by atoms with Gasteiger partial charge in [-0.15, -0.1) is 12.4 Å². The molecule has 0 aliphatic heterocycles. The highest BCUT2D eigenvalue weighted by molar-refractivity contribution is 5.85. The molecule has 4 N–H and O–H groups in total. The van der Waals surface area contributed by atoms with E-state index in [1.165, 1.54) is 0 Å². The molecule has 0 bridgehead atoms. The maximum absolute atomic E-state index is 13.2. The lowest BCUT2D eigenvalue weighted by Gasteiger charge is -2.33. The molecular weight excluding hydrogens is 454 g/mol. The Morgan fingerprint density at radius 1 is 0.941 bits per heavy atom. The normalized spacial score (nSPS) is 12.3. The van der Waals surface area contributed by atoms with Gasteiger partial charge in [-0.3, -0.25) is 14.4 Å². The molecule has 1 aromatic rings. The maximum atomic E-state index is 13.2. The first-order valence-corrected chi connectivity index (χ1v) is 12.4. The van der Waals surface area contributed by atoms with Gasteiger partial charge in [-0.1, -0.05) is 76.3 Å². The van der Waals surface area contributed by atoms with Crippen LogP contribution in [-0.2, 0) is 25.7 Å². The summed E-state index contributed by atoms with van der Waals surface area (Å²) in [4.78, 5) is 38.7. The zero-order valence-corrected chi connectivity index (χ0v) is 21.7. The van der Waals surface area contributed by atoms with Crippen LogP contribution in [0.15, 0.2) is 30.3 Å². The SMILES string of the molecule is CCCCCC[C@@H](CC(N)=O)N(CCCC)C(=O)[C@@H](N)CCCC(=O)OCc1ccccc1.Cl. The van der Waals surface area contributed by atoms with E-state index in [-0.39, 0.29) is 49.8 Å². The van der Waals surface area contributed by atoms with Gasteiger partial charge in [-0.05, 0) is 31.2 Å². The van der Waals surface area contributed by atoms with Crippen LogP contribution in [0.4, 0.5) is 0 Å². The minimum absolute atomic E-state index is 0. The molecule has 0 heterocycles. The number of hydrogen-bond donors (Lipinski definition) is 2. The summed E-state index contributed by atoms with van der Waals surface area (Å²) in [6.45, 7) is 5.01. The topological polar surface area (TPSA) is 116 Å². The number of carbonyl (C=O) groups is 3. The molecule has 0 saturated carbocycles. The van der Waals surface area contributed by atoms with Crippen LogP contribution in [0.25, 0.3) is 0 Å². The van der Waals surface area contributed by atoms with Gasteiger partial charge in [0, 0.05) is 25.4 Å². The summed E-state index contributed by atoms with van der Waals surface area (Å²) < 4.78 is 5.29. The number of ether oxygens (including phenoxy) is 1. The molecule has 34 heavy (non-hydrogen) atoms. The van der Waals surface area contributed by atoms with Crippen molar-refractivity contribution in [3.63, 3.8) is 0 Å². The molecule has 0 saturated heterocycles. The monoisotopic (exact) mass is 497 g/mol. The van der Waals surface area contributed by atoms with Gasteiger partial charge in [0.15, 0.2) is 0 Å². The van der Waals surface area contributed by atoms with E-state index < -0.39 is 11.9 Å². The fraction of sp³-hybridized carbons (Fsp3) is 0.654. The lowest BCUT2D eigenvalue weighted by Crippen LogP contribution is -2.50. The predicted octanol–water partition coefficient (Wildman–Crippen LogP) is 4.49. The van der Waals surface area contributed by atoms with Crippen molar-refractivity contribution >= 4 is 30.2 Å². The van der Waals surface area contributed by atoms with Crippen LogP contribution in [0.5, 0.6) is 0 Å². The molecule has 7 nitrogen and oxygen atoms in total. The van der Waals surface area contributed by atoms with Crippen molar-refractivity contribution in [2.45, 2.75) is 103 Å². The molecule has 0 radical (unpaired) electrons. The molecule has 1 aromatic carbocycles. The standard InChI is InChI=1S/C26H43N3O4.ClH/c1-3-5-7-11-15-22(19-24(28)30)29(18-6-4-2)26(32)23(27)16-12-17-25(31)33-20-21-13-9-8-10-14-21;/h8-10,13-14,22-23H,3-7,11-12,15-20,27H2,1-2H3,(H2,28,30);1H/t22-,23-;/m0./s1. The molecule has 0 unspecified atom stereocenters. The van der Waals surface area contributed by atoms with E-state index in [2.05, 4.69) is 13.8 Å². The minimum Gasteiger partial charge on any atom is -0.461 e. The van der Waals surface area contributed by atoms with Gasteiger partial charge in [0.1, 0.15) is 6.61 Å². The Hall–Kier alpha value is -2.12. The summed E-state index contributed by atoms with van der Waals surface area (Å²) in [6.07, 6.45) is 8.02. The van der Waals surface area contributed by atoms with Crippen LogP contribution in [0.1, 0.15) is 90.0 Å². The van der Waals surface area contributed by atoms with Gasteiger partial charge < -0.3 is 21.1 Å². The lowest BCUT2D eigenvalue weighted by molar-refractivity contribution is -0.145. The van der Waals surface area contributed by atoms with E-state index in [1.54, 1.807) is 4.90 Å². The Kier molecular flexibility index (Phi) is 18.0. The second-order valence-electron chi connectivity index (χ2n) is 8.70. The Bertz CT molecular complexity index is 703. The molecule has 194 valence electrons. The van der Waals surface area contributed by atoms with Crippen molar-refractivity contribution in [3.05, 3.63) is 35.9 Å². The van der Waals surface area contributed by atoms with Crippen molar-refractivity contribution in [2.24, 2.45) is 11.5 Å². The third-order valence-corrected chi connectivity index (χ3v) is 5.76. The van der Waals surface area contributed by atoms with E-state index in [1.807, 2.05) is 30.3 Å². The van der Waals surface area contributed by atoms with Crippen molar-refractivity contribution in [2.75, 3.05) is 6.54 Å². The van der Waals surface area contributed by atoms with Crippen LogP contribution < -0.4 is 11.5 Å². The molecule has 0 spiro atoms. The summed E-state index contributed by atoms with van der Waals surface area (Å²) in [7, 11) is 0. The number of nitrogens with two attached hydrogens (primary N) is 2. The Labute approximate surface area is 211 Å². The fourth-order valence-electron chi connectivity index (χ4n) is 3.82. The number of carbonyl (C=O) groups excluding carboxylic acids is 3. The third-order valence-electron chi connectivity index (χ3n) is 5.76. The summed E-state index contributed by atoms with van der Waals surface area (Å²) in [5.74, 6) is -0.869. The zero-order chi connectivity index (χ0) is 24.5. The van der Waals surface area contributed by atoms with Crippen LogP contribution in [-0.4, -0.2) is 41.3 Å². The molecule has 0 aliphatic carbocycles. The summed E-state index contributed by atoms with van der Waals surface area (Å²) in [5.41, 5.74) is 12.7. The Balaban J connectivity index is 0.0000109. The molecule has 2 amide bonds. The van der Waals surface area contributed by atoms with Crippen molar-refractivity contribution < 1.29 is 19.1 Å². The van der Waals surface area contributed by atoms with Gasteiger partial charge in [-0.2, -0.15) is 0 Å². The third kappa shape index (κ3) is 13.6. The van der Waals surface area contributed by atoms with E-state index in [4.69, 9.17) is 16.2 Å². The van der Waals surface area contributed by atoms with Gasteiger partial charge in [-0.25, -0.2) is 0 Å². The summed E-state index contributed by atoms with van der Waals surface area (Å²) in [6, 6.07) is 8.57. The smallest absolute Gasteiger partial charge is 0.306 e. The molecule has 0 fully saturated rings. The number of primary amides is 1. The van der Waals surface area contributed by atoms with Crippen LogP contribution >= 0.6 is 12.4 Å². The molecule has 2 atom stereocenters. The van der Waals surface area contributed by atoms with Crippen LogP contribution in [0.3, 0.4) is 0 Å². The fourth-order valence-corrected chi connectivity index (χ4v) is 3.82. The second-order valence-corrected chi connectivity index (χ2v) is 8.70. The van der Waals surface area contributed by atoms with Crippen molar-refractivity contribution in [1.29, 1.82) is 0 Å². The minimum atomic E-state index is -0.713. The Morgan fingerprint density at radius 2 is 1.62 bits per heavy atom. The van der Waals surface area contributed by atoms with Gasteiger partial charge >= 0.3 is 5.97 Å². The van der Waals surface area contributed by atoms with E-state index in [0.717, 1.165) is 50.5 Å². The van der Waals surface area contributed by atoms with Gasteiger partial charge in [0.2, 0.25) is 11.8 Å². The highest BCUT2D eigenvalue weighted by atomic mass is 35.5. The molecule has 1 rings (SSSR count). The first kappa shape index (κ1) is 31.9. The average Bonchev–Trinajstić information content (AvgIpc) is 2.80. The number of nitrogens with zero attached hydrogens (tertiary/aromatic N) is 1. The van der Waals surface area contributed by atoms with Crippen molar-refractivity contribution in [1.82, 2.24) is 4.90 Å². The quantitative estimate of drug-likeness (QED) is 0.229. The lowest BCUT2D eigenvalue weighted by atomic mass is 10.00. The number of benzene rings is 1. The predicted molar refractivity (Wildman–Crippen MR) is 138 cm³/mol. The number of hydrogen-bond acceptors (Lipinski definition) is 5. The number of amides is 2. The highest BCUT2D eigenvalue weighted by Crippen LogP contribution is 2.18. The molecule has 0 aliphatic rings. The maximum Gasteiger partial charge on any atom is 0.306 e. The van der Waals surface area contributed by atoms with Crippen LogP contribution in [0, 0.1) is 0 Å². The van der Waals surface area contributed by atoms with Crippen LogP contribution in [0.2, 0.25) is 0 Å². The van der Waals surface area contributed by atoms with Crippen molar-refractivity contribution in [3.8, 4) is 0 Å². The number of rotatable bonds is 18.